The van der Waals surface area contributed by atoms with Crippen LogP contribution in [0.1, 0.15) is 33.4 Å². The van der Waals surface area contributed by atoms with Crippen molar-refractivity contribution in [2.75, 3.05) is 25.6 Å². The van der Waals surface area contributed by atoms with Gasteiger partial charge in [-0.15, -0.1) is 0 Å². The molecule has 0 unspecified atom stereocenters. The zero-order valence-corrected chi connectivity index (χ0v) is 22.8. The molecule has 0 amide bonds. The third kappa shape index (κ3) is 6.23. The highest BCUT2D eigenvalue weighted by Gasteiger charge is 2.58. The van der Waals surface area contributed by atoms with E-state index in [0.717, 1.165) is 0 Å². The fourth-order valence-corrected chi connectivity index (χ4v) is 5.89. The van der Waals surface area contributed by atoms with Gasteiger partial charge in [0.1, 0.15) is 36.5 Å². The Morgan fingerprint density at radius 3 is 2.33 bits per heavy atom. The van der Waals surface area contributed by atoms with Crippen LogP contribution in [0, 0.1) is 11.3 Å². The van der Waals surface area contributed by atoms with Gasteiger partial charge in [0.15, 0.2) is 0 Å². The summed E-state index contributed by atoms with van der Waals surface area (Å²) >= 11 is 0. The second-order valence-electron chi connectivity index (χ2n) is 8.79. The average molecular weight is 569 g/mol. The largest absolute Gasteiger partial charge is 0.465 e. The maximum Gasteiger partial charge on any atom is 0.342 e. The van der Waals surface area contributed by atoms with E-state index in [1.54, 1.807) is 26.0 Å². The van der Waals surface area contributed by atoms with Gasteiger partial charge in [-0.25, -0.2) is 14.7 Å². The average Bonchev–Trinajstić information content (AvgIpc) is 3.44. The zero-order chi connectivity index (χ0) is 29.0. The molecule has 0 bridgehead atoms. The molecule has 3 rings (SSSR count). The predicted molar refractivity (Wildman–Crippen MR) is 136 cm³/mol. The van der Waals surface area contributed by atoms with Gasteiger partial charge in [-0.1, -0.05) is 0 Å². The second kappa shape index (κ2) is 12.4. The van der Waals surface area contributed by atoms with Crippen LogP contribution in [-0.2, 0) is 38.5 Å². The number of ether oxygens (including phenoxy) is 3. The summed E-state index contributed by atoms with van der Waals surface area (Å²) in [5.74, 6) is -1.45. The van der Waals surface area contributed by atoms with Crippen molar-refractivity contribution < 1.29 is 43.1 Å². The number of anilines is 1. The molecule has 1 aliphatic heterocycles. The van der Waals surface area contributed by atoms with Crippen LogP contribution in [0.15, 0.2) is 24.4 Å². The molecule has 6 N–H and O–H groups in total. The Bertz CT molecular complexity index is 1250. The monoisotopic (exact) mass is 568 g/mol. The number of nitrogens with one attached hydrogen (secondary N) is 2. The number of fused-ring (bicyclic) bond motifs is 1. The fraction of sp³-hybridized carbons (Fsp3) is 0.565. The fourth-order valence-electron chi connectivity index (χ4n) is 4.07. The number of nitrogens with two attached hydrogens (primary N) is 1. The minimum Gasteiger partial charge on any atom is -0.465 e. The molecule has 3 heterocycles. The first-order valence-electron chi connectivity index (χ1n) is 12.2. The Balaban J connectivity index is 1.85. The molecule has 0 saturated carbocycles. The SMILES string of the molecule is CCOC(=O)[C@H](C)NP(=O)(N[C@@H](C)C(=O)OCC)OC[C@H]1O[C@@](C#N)(c2ccc3c(N)ccnn23)[C@H](O)[C@@H]1O. The molecule has 0 radical (unpaired) electrons. The van der Waals surface area contributed by atoms with Gasteiger partial charge in [0.2, 0.25) is 5.60 Å². The van der Waals surface area contributed by atoms with Gasteiger partial charge in [0.25, 0.3) is 0 Å². The molecule has 2 aromatic rings. The molecule has 1 aliphatic rings. The molecule has 39 heavy (non-hydrogen) atoms. The van der Waals surface area contributed by atoms with E-state index >= 15 is 0 Å². The number of hydrogen-bond acceptors (Lipinski definition) is 12. The minimum atomic E-state index is -4.23. The van der Waals surface area contributed by atoms with E-state index in [4.69, 9.17) is 24.5 Å². The summed E-state index contributed by atoms with van der Waals surface area (Å²) in [6, 6.07) is 4.28. The molecule has 16 heteroatoms. The summed E-state index contributed by atoms with van der Waals surface area (Å²) in [4.78, 5) is 24.3. The van der Waals surface area contributed by atoms with E-state index in [2.05, 4.69) is 15.3 Å². The van der Waals surface area contributed by atoms with Crippen molar-refractivity contribution in [2.45, 2.75) is 63.7 Å². The van der Waals surface area contributed by atoms with Gasteiger partial charge in [-0.2, -0.15) is 10.4 Å². The summed E-state index contributed by atoms with van der Waals surface area (Å²) in [6.45, 7) is 5.50. The van der Waals surface area contributed by atoms with E-state index in [1.165, 1.54) is 30.6 Å². The lowest BCUT2D eigenvalue weighted by molar-refractivity contribution is -0.145. The van der Waals surface area contributed by atoms with Crippen molar-refractivity contribution in [2.24, 2.45) is 0 Å². The number of carbonyl (C=O) groups is 2. The number of aliphatic hydroxyl groups excluding tert-OH is 2. The number of nitrogen functional groups attached to an aromatic ring is 1. The molecular weight excluding hydrogens is 535 g/mol. The van der Waals surface area contributed by atoms with Gasteiger partial charge in [0.05, 0.1) is 36.7 Å². The number of hydrogen-bond donors (Lipinski definition) is 5. The molecule has 0 aromatic carbocycles. The number of nitriles is 1. The first kappa shape index (κ1) is 30.5. The molecule has 2 aromatic heterocycles. The molecule has 15 nitrogen and oxygen atoms in total. The van der Waals surface area contributed by atoms with E-state index < -0.39 is 62.2 Å². The number of nitrogens with zero attached hydrogens (tertiary/aromatic N) is 3. The van der Waals surface area contributed by atoms with Gasteiger partial charge in [-0.05, 0) is 45.9 Å². The number of rotatable bonds is 12. The molecule has 214 valence electrons. The third-order valence-corrected chi connectivity index (χ3v) is 7.99. The summed E-state index contributed by atoms with van der Waals surface area (Å²) in [5.41, 5.74) is 4.81. The Hall–Kier alpha value is -3.09. The first-order valence-corrected chi connectivity index (χ1v) is 13.9. The van der Waals surface area contributed by atoms with Gasteiger partial charge < -0.3 is 34.7 Å². The van der Waals surface area contributed by atoms with Crippen molar-refractivity contribution in [1.82, 2.24) is 19.8 Å². The van der Waals surface area contributed by atoms with E-state index in [0.29, 0.717) is 11.2 Å². The van der Waals surface area contributed by atoms with Crippen LogP contribution in [0.5, 0.6) is 0 Å². The lowest BCUT2D eigenvalue weighted by Gasteiger charge is -2.27. The van der Waals surface area contributed by atoms with Crippen molar-refractivity contribution in [3.8, 4) is 6.07 Å². The molecule has 0 aliphatic carbocycles. The lowest BCUT2D eigenvalue weighted by Crippen LogP contribution is -2.43. The number of aliphatic hydroxyl groups is 2. The summed E-state index contributed by atoms with van der Waals surface area (Å²) < 4.78 is 36.3. The second-order valence-corrected chi connectivity index (χ2v) is 10.7. The first-order chi connectivity index (χ1) is 18.4. The van der Waals surface area contributed by atoms with Gasteiger partial charge >= 0.3 is 19.6 Å². The molecular formula is C23H33N6O9P. The van der Waals surface area contributed by atoms with Gasteiger partial charge in [-0.3, -0.25) is 14.2 Å². The molecule has 1 fully saturated rings. The Morgan fingerprint density at radius 1 is 1.21 bits per heavy atom. The standard InChI is InChI=1S/C23H33N6O9P/c1-5-35-21(32)13(3)27-39(34,28-14(4)22(33)36-6-2)37-11-17-19(30)20(31)23(12-24,38-17)18-8-7-16-15(25)9-10-26-29(16)18/h7-10,13-14,17,19-20,30-31H,5-6,11,25H2,1-4H3,(H2,27,28,34)/t13-,14-,17+,19+,20+,23-/m0/s1. The van der Waals surface area contributed by atoms with E-state index in [-0.39, 0.29) is 18.9 Å². The Kier molecular flexibility index (Phi) is 9.68. The highest BCUT2D eigenvalue weighted by Crippen LogP contribution is 2.44. The van der Waals surface area contributed by atoms with Crippen LogP contribution >= 0.6 is 7.67 Å². The van der Waals surface area contributed by atoms with Crippen molar-refractivity contribution in [3.63, 3.8) is 0 Å². The van der Waals surface area contributed by atoms with Crippen LogP contribution in [-0.4, -0.2) is 82.0 Å². The van der Waals surface area contributed by atoms with Gasteiger partial charge in [0, 0.05) is 6.20 Å². The maximum atomic E-state index is 13.7. The zero-order valence-electron chi connectivity index (χ0n) is 21.9. The normalized spacial score (nSPS) is 24.7. The molecule has 6 atom stereocenters. The highest BCUT2D eigenvalue weighted by molar-refractivity contribution is 7.54. The number of esters is 2. The quantitative estimate of drug-likeness (QED) is 0.168. The van der Waals surface area contributed by atoms with Crippen LogP contribution in [0.4, 0.5) is 5.69 Å². The van der Waals surface area contributed by atoms with Crippen LogP contribution in [0.3, 0.4) is 0 Å². The topological polar surface area (TPSA) is 220 Å². The summed E-state index contributed by atoms with van der Waals surface area (Å²) in [5, 5.41) is 40.9. The molecule has 0 spiro atoms. The summed E-state index contributed by atoms with van der Waals surface area (Å²) in [7, 11) is -4.23. The minimum absolute atomic E-state index is 0.0772. The third-order valence-electron chi connectivity index (χ3n) is 6.02. The van der Waals surface area contributed by atoms with Crippen molar-refractivity contribution in [3.05, 3.63) is 30.1 Å². The Morgan fingerprint density at radius 2 is 1.79 bits per heavy atom. The highest BCUT2D eigenvalue weighted by atomic mass is 31.2. The van der Waals surface area contributed by atoms with Crippen LogP contribution in [0.2, 0.25) is 0 Å². The van der Waals surface area contributed by atoms with Crippen molar-refractivity contribution in [1.29, 1.82) is 5.26 Å². The van der Waals surface area contributed by atoms with Crippen LogP contribution in [0.25, 0.3) is 5.52 Å². The van der Waals surface area contributed by atoms with E-state index in [9.17, 15) is 29.6 Å². The Labute approximate surface area is 224 Å². The number of carbonyl (C=O) groups excluding carboxylic acids is 2. The summed E-state index contributed by atoms with van der Waals surface area (Å²) in [6.07, 6.45) is -3.37. The maximum absolute atomic E-state index is 13.7. The smallest absolute Gasteiger partial charge is 0.342 e. The van der Waals surface area contributed by atoms with E-state index in [1.807, 2.05) is 6.07 Å². The van der Waals surface area contributed by atoms with Crippen LogP contribution < -0.4 is 15.9 Å². The number of aromatic nitrogens is 2. The predicted octanol–water partition coefficient (Wildman–Crippen LogP) is -0.0369. The lowest BCUT2D eigenvalue weighted by atomic mass is 9.92. The molecule has 1 saturated heterocycles. The van der Waals surface area contributed by atoms with Crippen molar-refractivity contribution >= 4 is 30.8 Å².